The highest BCUT2D eigenvalue weighted by Gasteiger charge is 2.30. The molecule has 0 radical (unpaired) electrons. The molecule has 1 aliphatic carbocycles. The Morgan fingerprint density at radius 3 is 1.56 bits per heavy atom. The van der Waals surface area contributed by atoms with Crippen molar-refractivity contribution >= 4 is 0 Å². The molecule has 1 fully saturated rings. The molecule has 0 amide bonds. The Labute approximate surface area is 55.3 Å². The monoisotopic (exact) mass is 136 g/mol. The summed E-state index contributed by atoms with van der Waals surface area (Å²) in [6, 6.07) is 0. The third kappa shape index (κ3) is 2.78. The Hall–Kier alpha value is -0.140. The fourth-order valence-corrected chi connectivity index (χ4v) is 1.07. The topological polar surface area (TPSA) is 0 Å². The molecule has 0 saturated heterocycles. The Morgan fingerprint density at radius 1 is 0.889 bits per heavy atom. The van der Waals surface area contributed by atoms with E-state index < -0.39 is 5.92 Å². The zero-order valence-corrected chi connectivity index (χ0v) is 4.79. The van der Waals surface area contributed by atoms with Gasteiger partial charge >= 0.3 is 0 Å². The van der Waals surface area contributed by atoms with Gasteiger partial charge in [0.2, 0.25) is 5.92 Å². The van der Waals surface area contributed by atoms with Crippen LogP contribution >= 0.6 is 0 Å². The van der Waals surface area contributed by atoms with Crippen molar-refractivity contribution in [2.75, 3.05) is 0 Å². The molecule has 0 unspecified atom stereocenters. The number of halogens is 2. The van der Waals surface area contributed by atoms with Crippen LogP contribution in [0.25, 0.3) is 0 Å². The van der Waals surface area contributed by atoms with Gasteiger partial charge in [-0.1, -0.05) is 13.8 Å². The lowest BCUT2D eigenvalue weighted by atomic mass is 9.97. The van der Waals surface area contributed by atoms with E-state index in [9.17, 15) is 8.78 Å². The summed E-state index contributed by atoms with van der Waals surface area (Å²) in [5, 5.41) is 0. The quantitative estimate of drug-likeness (QED) is 0.479. The third-order valence-corrected chi connectivity index (χ3v) is 1.59. The van der Waals surface area contributed by atoms with Gasteiger partial charge in [0.15, 0.2) is 0 Å². The summed E-state index contributed by atoms with van der Waals surface area (Å²) in [7, 11) is 0. The van der Waals surface area contributed by atoms with Gasteiger partial charge < -0.3 is 0 Å². The smallest absolute Gasteiger partial charge is 0.207 e. The van der Waals surface area contributed by atoms with Crippen molar-refractivity contribution in [3.8, 4) is 0 Å². The van der Waals surface area contributed by atoms with Crippen molar-refractivity contribution in [1.29, 1.82) is 0 Å². The predicted molar refractivity (Wildman–Crippen MR) is 34.8 cm³/mol. The highest BCUT2D eigenvalue weighted by atomic mass is 19.3. The molecule has 9 heavy (non-hydrogen) atoms. The maximum Gasteiger partial charge on any atom is 0.248 e. The molecular formula is C7H14F2. The van der Waals surface area contributed by atoms with E-state index in [-0.39, 0.29) is 20.3 Å². The maximum absolute atomic E-state index is 12.2. The van der Waals surface area contributed by atoms with Crippen LogP contribution in [0.3, 0.4) is 0 Å². The predicted octanol–water partition coefficient (Wildman–Crippen LogP) is 3.22. The van der Waals surface area contributed by atoms with Crippen LogP contribution in [0, 0.1) is 0 Å². The summed E-state index contributed by atoms with van der Waals surface area (Å²) >= 11 is 0. The molecule has 1 saturated carbocycles. The average Bonchev–Trinajstić information content (AvgIpc) is 1.65. The van der Waals surface area contributed by atoms with Crippen molar-refractivity contribution in [2.24, 2.45) is 0 Å². The molecule has 1 aliphatic rings. The molecule has 0 aliphatic heterocycles. The van der Waals surface area contributed by atoms with E-state index in [2.05, 4.69) is 0 Å². The lowest BCUT2D eigenvalue weighted by Gasteiger charge is -2.20. The molecule has 0 heterocycles. The van der Waals surface area contributed by atoms with Crippen LogP contribution in [-0.2, 0) is 0 Å². The van der Waals surface area contributed by atoms with E-state index in [0.717, 1.165) is 6.42 Å². The summed E-state index contributed by atoms with van der Waals surface area (Å²) in [6.45, 7) is 0. The van der Waals surface area contributed by atoms with Crippen LogP contribution in [0.4, 0.5) is 8.78 Å². The first-order chi connectivity index (χ1) is 3.71. The molecule has 0 aromatic heterocycles. The molecule has 1 rings (SSSR count). The van der Waals surface area contributed by atoms with Gasteiger partial charge in [-0.05, 0) is 12.8 Å². The van der Waals surface area contributed by atoms with Crippen LogP contribution in [0.5, 0.6) is 0 Å². The molecule has 2 heteroatoms. The average molecular weight is 136 g/mol. The van der Waals surface area contributed by atoms with Crippen LogP contribution < -0.4 is 0 Å². The van der Waals surface area contributed by atoms with Crippen molar-refractivity contribution in [3.63, 3.8) is 0 Å². The van der Waals surface area contributed by atoms with E-state index in [0.29, 0.717) is 12.8 Å². The standard InChI is InChI=1S/C6H10F2.CH4/c7-6(8)4-2-1-3-5-6;/h1-5H2;1H4. The minimum atomic E-state index is -2.32. The second-order valence-electron chi connectivity index (χ2n) is 2.42. The molecule has 0 aromatic carbocycles. The molecule has 0 bridgehead atoms. The fraction of sp³-hybridized carbons (Fsp3) is 1.00. The minimum absolute atomic E-state index is 0. The number of hydrogen-bond acceptors (Lipinski definition) is 0. The minimum Gasteiger partial charge on any atom is -0.207 e. The zero-order valence-electron chi connectivity index (χ0n) is 4.79. The van der Waals surface area contributed by atoms with Crippen molar-refractivity contribution < 1.29 is 8.78 Å². The lowest BCUT2D eigenvalue weighted by molar-refractivity contribution is -0.0337. The summed E-state index contributed by atoms with van der Waals surface area (Å²) in [4.78, 5) is 0. The van der Waals surface area contributed by atoms with Crippen molar-refractivity contribution in [2.45, 2.75) is 45.5 Å². The summed E-state index contributed by atoms with van der Waals surface area (Å²) in [6.07, 6.45) is 2.66. The van der Waals surface area contributed by atoms with Gasteiger partial charge in [-0.3, -0.25) is 0 Å². The van der Waals surface area contributed by atoms with E-state index in [1.165, 1.54) is 0 Å². The summed E-state index contributed by atoms with van der Waals surface area (Å²) < 4.78 is 24.4. The molecule has 0 nitrogen and oxygen atoms in total. The van der Waals surface area contributed by atoms with Gasteiger partial charge in [0, 0.05) is 12.8 Å². The highest BCUT2D eigenvalue weighted by molar-refractivity contribution is 4.70. The Balaban J connectivity index is 0.000000640. The lowest BCUT2D eigenvalue weighted by Crippen LogP contribution is -2.18. The van der Waals surface area contributed by atoms with Crippen LogP contribution in [0.1, 0.15) is 39.5 Å². The van der Waals surface area contributed by atoms with Gasteiger partial charge in [0.05, 0.1) is 0 Å². The highest BCUT2D eigenvalue weighted by Crippen LogP contribution is 2.32. The van der Waals surface area contributed by atoms with Gasteiger partial charge in [0.25, 0.3) is 0 Å². The first-order valence-electron chi connectivity index (χ1n) is 3.09. The summed E-state index contributed by atoms with van der Waals surface area (Å²) in [5.41, 5.74) is 0. The van der Waals surface area contributed by atoms with Gasteiger partial charge in [-0.25, -0.2) is 8.78 Å². The van der Waals surface area contributed by atoms with Gasteiger partial charge in [0.1, 0.15) is 0 Å². The van der Waals surface area contributed by atoms with Crippen molar-refractivity contribution in [3.05, 3.63) is 0 Å². The normalized spacial score (nSPS) is 24.7. The summed E-state index contributed by atoms with van der Waals surface area (Å²) in [5.74, 6) is -2.32. The Kier molecular flexibility index (Phi) is 3.09. The van der Waals surface area contributed by atoms with E-state index in [1.807, 2.05) is 0 Å². The largest absolute Gasteiger partial charge is 0.248 e. The van der Waals surface area contributed by atoms with E-state index in [4.69, 9.17) is 0 Å². The van der Waals surface area contributed by atoms with Crippen LogP contribution in [-0.4, -0.2) is 5.92 Å². The molecule has 0 spiro atoms. The molecular weight excluding hydrogens is 122 g/mol. The fourth-order valence-electron chi connectivity index (χ4n) is 1.07. The second kappa shape index (κ2) is 3.14. The first-order valence-corrected chi connectivity index (χ1v) is 3.09. The van der Waals surface area contributed by atoms with Crippen LogP contribution in [0.2, 0.25) is 0 Å². The maximum atomic E-state index is 12.2. The van der Waals surface area contributed by atoms with E-state index >= 15 is 0 Å². The Bertz CT molecular complexity index is 71.0. The number of alkyl halides is 2. The van der Waals surface area contributed by atoms with Crippen LogP contribution in [0.15, 0.2) is 0 Å². The SMILES string of the molecule is C.FC1(F)CCCCC1. The second-order valence-corrected chi connectivity index (χ2v) is 2.42. The zero-order chi connectivity index (χ0) is 6.04. The number of rotatable bonds is 0. The molecule has 0 N–H and O–H groups in total. The number of hydrogen-bond donors (Lipinski definition) is 0. The van der Waals surface area contributed by atoms with Gasteiger partial charge in [-0.15, -0.1) is 0 Å². The molecule has 0 aromatic rings. The third-order valence-electron chi connectivity index (χ3n) is 1.59. The molecule has 0 atom stereocenters. The Morgan fingerprint density at radius 2 is 1.33 bits per heavy atom. The van der Waals surface area contributed by atoms with Crippen molar-refractivity contribution in [1.82, 2.24) is 0 Å². The van der Waals surface area contributed by atoms with Gasteiger partial charge in [-0.2, -0.15) is 0 Å². The first kappa shape index (κ1) is 8.86. The van der Waals surface area contributed by atoms with E-state index in [1.54, 1.807) is 0 Å². The molecule has 56 valence electrons.